The summed E-state index contributed by atoms with van der Waals surface area (Å²) in [5.74, 6) is -18.3. The number of hydrogen-bond donors (Lipinski definition) is 1. The van der Waals surface area contributed by atoms with Crippen molar-refractivity contribution in [2.24, 2.45) is 0 Å². The monoisotopic (exact) mass is 289 g/mol. The van der Waals surface area contributed by atoms with Gasteiger partial charge in [-0.05, 0) is 0 Å². The van der Waals surface area contributed by atoms with Crippen LogP contribution in [0.4, 0.5) is 39.9 Å². The maximum Gasteiger partial charge on any atom is 0.407 e. The zero-order valence-electron chi connectivity index (χ0n) is 8.62. The van der Waals surface area contributed by atoms with Crippen molar-refractivity contribution >= 4 is 6.09 Å². The molecule has 0 fully saturated rings. The van der Waals surface area contributed by atoms with E-state index in [0.717, 1.165) is 7.05 Å². The molecule has 0 aromatic rings. The summed E-state index contributed by atoms with van der Waals surface area (Å²) in [6.07, 6.45) is -6.61. The zero-order chi connectivity index (χ0) is 14.8. The van der Waals surface area contributed by atoms with Crippen LogP contribution in [0.25, 0.3) is 0 Å². The number of alkyl halides is 8. The van der Waals surface area contributed by atoms with E-state index in [0.29, 0.717) is 0 Å². The van der Waals surface area contributed by atoms with Gasteiger partial charge in [-0.25, -0.2) is 13.6 Å². The van der Waals surface area contributed by atoms with Gasteiger partial charge in [-0.3, -0.25) is 0 Å². The van der Waals surface area contributed by atoms with Crippen molar-refractivity contribution < 1.29 is 44.7 Å². The van der Waals surface area contributed by atoms with Crippen molar-refractivity contribution in [1.29, 1.82) is 0 Å². The van der Waals surface area contributed by atoms with Gasteiger partial charge in [-0.15, -0.1) is 0 Å². The Morgan fingerprint density at radius 3 is 1.94 bits per heavy atom. The van der Waals surface area contributed by atoms with Crippen LogP contribution >= 0.6 is 0 Å². The number of carbonyl (C=O) groups is 1. The molecular weight excluding hydrogens is 282 g/mol. The molecule has 0 radical (unpaired) electrons. The molecule has 0 aromatic heterocycles. The molecule has 0 atom stereocenters. The molecule has 18 heavy (non-hydrogen) atoms. The minimum atomic E-state index is -6.37. The van der Waals surface area contributed by atoms with E-state index in [1.54, 1.807) is 5.32 Å². The number of hydrogen-bond acceptors (Lipinski definition) is 2. The molecule has 0 unspecified atom stereocenters. The average Bonchev–Trinajstić information content (AvgIpc) is 2.25. The molecule has 0 aromatic carbocycles. The summed E-state index contributed by atoms with van der Waals surface area (Å²) in [6, 6.07) is 0. The lowest BCUT2D eigenvalue weighted by Crippen LogP contribution is -2.59. The van der Waals surface area contributed by atoms with Crippen LogP contribution in [0, 0.1) is 0 Å². The number of rotatable bonds is 5. The second-order valence-corrected chi connectivity index (χ2v) is 3.03. The minimum Gasteiger partial charge on any atom is -0.443 e. The van der Waals surface area contributed by atoms with E-state index in [1.807, 2.05) is 0 Å². The first-order chi connectivity index (χ1) is 7.90. The lowest BCUT2D eigenvalue weighted by Gasteiger charge is -2.31. The van der Waals surface area contributed by atoms with Crippen molar-refractivity contribution in [2.75, 3.05) is 13.7 Å². The zero-order valence-corrected chi connectivity index (χ0v) is 8.62. The summed E-state index contributed by atoms with van der Waals surface area (Å²) in [5, 5.41) is 1.58. The molecule has 108 valence electrons. The van der Waals surface area contributed by atoms with E-state index in [2.05, 4.69) is 4.74 Å². The molecular formula is C7H7F8NO2. The Hall–Kier alpha value is -1.29. The lowest BCUT2D eigenvalue weighted by molar-refractivity contribution is -0.343. The number of nitrogens with one attached hydrogen (secondary N) is 1. The van der Waals surface area contributed by atoms with Gasteiger partial charge >= 0.3 is 30.3 Å². The summed E-state index contributed by atoms with van der Waals surface area (Å²) < 4.78 is 102. The normalized spacial score (nSPS) is 13.7. The third kappa shape index (κ3) is 2.93. The van der Waals surface area contributed by atoms with Crippen molar-refractivity contribution in [3.63, 3.8) is 0 Å². The van der Waals surface area contributed by atoms with Crippen LogP contribution in [0.5, 0.6) is 0 Å². The Bertz CT molecular complexity index is 306. The topological polar surface area (TPSA) is 38.3 Å². The Kier molecular flexibility index (Phi) is 4.77. The van der Waals surface area contributed by atoms with Gasteiger partial charge in [0, 0.05) is 7.05 Å². The van der Waals surface area contributed by atoms with E-state index in [4.69, 9.17) is 0 Å². The molecule has 0 heterocycles. The SMILES string of the molecule is CNC(=O)OCC(F)(F)C(F)(F)C(F)(F)C(F)F. The molecule has 11 heteroatoms. The molecule has 0 spiro atoms. The molecule has 0 saturated carbocycles. The maximum atomic E-state index is 12.7. The number of halogens is 8. The third-order valence-electron chi connectivity index (χ3n) is 1.74. The van der Waals surface area contributed by atoms with Gasteiger partial charge in [0.1, 0.15) is 0 Å². The van der Waals surface area contributed by atoms with Crippen LogP contribution in [-0.4, -0.2) is 43.9 Å². The van der Waals surface area contributed by atoms with E-state index in [9.17, 15) is 39.9 Å². The quantitative estimate of drug-likeness (QED) is 0.790. The van der Waals surface area contributed by atoms with Crippen LogP contribution < -0.4 is 5.32 Å². The summed E-state index contributed by atoms with van der Waals surface area (Å²) >= 11 is 0. The highest BCUT2D eigenvalue weighted by atomic mass is 19.4. The molecule has 1 N–H and O–H groups in total. The first-order valence-corrected chi connectivity index (χ1v) is 4.16. The summed E-state index contributed by atoms with van der Waals surface area (Å²) in [7, 11) is 0.881. The Morgan fingerprint density at radius 1 is 1.17 bits per heavy atom. The second kappa shape index (κ2) is 5.14. The van der Waals surface area contributed by atoms with E-state index in [1.165, 1.54) is 0 Å². The van der Waals surface area contributed by atoms with Gasteiger partial charge in [-0.2, -0.15) is 26.3 Å². The molecule has 0 saturated heterocycles. The van der Waals surface area contributed by atoms with E-state index >= 15 is 0 Å². The van der Waals surface area contributed by atoms with Crippen LogP contribution in [0.1, 0.15) is 0 Å². The highest BCUT2D eigenvalue weighted by molar-refractivity contribution is 5.66. The summed E-state index contributed by atoms with van der Waals surface area (Å²) in [5.41, 5.74) is 0. The standard InChI is InChI=1S/C7H7F8NO2/c1-16-4(17)18-2-5(10,11)7(14,15)6(12,13)3(8)9/h3H,2H2,1H3,(H,16,17). The van der Waals surface area contributed by atoms with Crippen LogP contribution in [0.15, 0.2) is 0 Å². The predicted molar refractivity (Wildman–Crippen MR) is 41.3 cm³/mol. The lowest BCUT2D eigenvalue weighted by atomic mass is 10.1. The number of ether oxygens (including phenoxy) is 1. The first-order valence-electron chi connectivity index (χ1n) is 4.16. The van der Waals surface area contributed by atoms with Gasteiger partial charge in [0.05, 0.1) is 0 Å². The smallest absolute Gasteiger partial charge is 0.407 e. The van der Waals surface area contributed by atoms with Crippen molar-refractivity contribution in [2.45, 2.75) is 24.2 Å². The molecule has 0 bridgehead atoms. The molecule has 0 aliphatic rings. The molecule has 3 nitrogen and oxygen atoms in total. The highest BCUT2D eigenvalue weighted by Gasteiger charge is 2.75. The van der Waals surface area contributed by atoms with Crippen molar-refractivity contribution in [3.05, 3.63) is 0 Å². The van der Waals surface area contributed by atoms with Gasteiger partial charge in [0.25, 0.3) is 0 Å². The van der Waals surface area contributed by atoms with E-state index < -0.39 is 36.9 Å². The number of carbonyl (C=O) groups excluding carboxylic acids is 1. The Morgan fingerprint density at radius 2 is 1.61 bits per heavy atom. The van der Waals surface area contributed by atoms with Gasteiger partial charge in [-0.1, -0.05) is 0 Å². The molecule has 0 aliphatic carbocycles. The van der Waals surface area contributed by atoms with Gasteiger partial charge in [0.2, 0.25) is 0 Å². The van der Waals surface area contributed by atoms with Gasteiger partial charge in [0.15, 0.2) is 6.61 Å². The molecule has 0 aliphatic heterocycles. The second-order valence-electron chi connectivity index (χ2n) is 3.03. The fourth-order valence-electron chi connectivity index (χ4n) is 0.700. The van der Waals surface area contributed by atoms with E-state index in [-0.39, 0.29) is 0 Å². The van der Waals surface area contributed by atoms with Crippen LogP contribution in [0.3, 0.4) is 0 Å². The molecule has 0 rings (SSSR count). The Labute approximate surface area is 95.1 Å². The first kappa shape index (κ1) is 16.7. The molecule has 1 amide bonds. The summed E-state index contributed by atoms with van der Waals surface area (Å²) in [6.45, 7) is -2.47. The third-order valence-corrected chi connectivity index (χ3v) is 1.74. The fraction of sp³-hybridized carbons (Fsp3) is 0.857. The van der Waals surface area contributed by atoms with Crippen molar-refractivity contribution in [3.8, 4) is 0 Å². The fourth-order valence-corrected chi connectivity index (χ4v) is 0.700. The van der Waals surface area contributed by atoms with Crippen LogP contribution in [0.2, 0.25) is 0 Å². The number of alkyl carbamates (subject to hydrolysis) is 1. The largest absolute Gasteiger partial charge is 0.443 e. The van der Waals surface area contributed by atoms with Crippen molar-refractivity contribution in [1.82, 2.24) is 5.32 Å². The maximum absolute atomic E-state index is 12.7. The van der Waals surface area contributed by atoms with Gasteiger partial charge < -0.3 is 10.1 Å². The van der Waals surface area contributed by atoms with Crippen LogP contribution in [-0.2, 0) is 4.74 Å². The average molecular weight is 289 g/mol. The predicted octanol–water partition coefficient (Wildman–Crippen LogP) is 2.51. The highest BCUT2D eigenvalue weighted by Crippen LogP contribution is 2.48. The number of amides is 1. The summed E-state index contributed by atoms with van der Waals surface area (Å²) in [4.78, 5) is 10.3. The Balaban J connectivity index is 5.02. The minimum absolute atomic E-state index is 0.881.